The number of nitrogens with zero attached hydrogens (tertiary/aromatic N) is 1. The topological polar surface area (TPSA) is 28.8 Å². The molecule has 122 valence electrons. The zero-order chi connectivity index (χ0) is 16.7. The maximum Gasteiger partial charge on any atom is 0.0513 e. The summed E-state index contributed by atoms with van der Waals surface area (Å²) in [6.07, 6.45) is 5.38. The van der Waals surface area contributed by atoms with Crippen LogP contribution in [-0.4, -0.2) is 10.3 Å². The van der Waals surface area contributed by atoms with Crippen LogP contribution in [-0.2, 0) is 19.4 Å². The summed E-state index contributed by atoms with van der Waals surface area (Å²) in [6, 6.07) is 14.8. The molecule has 0 saturated carbocycles. The van der Waals surface area contributed by atoms with Crippen molar-refractivity contribution in [1.29, 1.82) is 5.41 Å². The molecule has 0 spiro atoms. The maximum atomic E-state index is 8.25. The normalized spacial score (nSPS) is 14.8. The molecule has 0 saturated heterocycles. The van der Waals surface area contributed by atoms with Gasteiger partial charge in [0.1, 0.15) is 0 Å². The monoisotopic (exact) mass is 336 g/mol. The van der Waals surface area contributed by atoms with Crippen molar-refractivity contribution in [1.82, 2.24) is 4.57 Å². The highest BCUT2D eigenvalue weighted by Gasteiger charge is 2.19. The van der Waals surface area contributed by atoms with E-state index in [0.29, 0.717) is 5.71 Å². The first kappa shape index (κ1) is 15.5. The van der Waals surface area contributed by atoms with Crippen LogP contribution in [0.25, 0.3) is 10.9 Å². The second kappa shape index (κ2) is 6.10. The summed E-state index contributed by atoms with van der Waals surface area (Å²) in [7, 11) is 0. The summed E-state index contributed by atoms with van der Waals surface area (Å²) in [4.78, 5) is 0. The lowest BCUT2D eigenvalue weighted by atomic mass is 9.87. The molecular formula is C21H21ClN2. The Kier molecular flexibility index (Phi) is 3.93. The minimum absolute atomic E-state index is 0.0361. The molecule has 0 radical (unpaired) electrons. The van der Waals surface area contributed by atoms with E-state index in [9.17, 15) is 0 Å². The van der Waals surface area contributed by atoms with Gasteiger partial charge in [0.15, 0.2) is 0 Å². The summed E-state index contributed by atoms with van der Waals surface area (Å²) in [5, 5.41) is 10.3. The SMILES string of the molecule is CC(=N)C(Cc1cc2c3c(ccn3CCC2)c1)c1ccccc1Cl. The van der Waals surface area contributed by atoms with E-state index in [-0.39, 0.29) is 5.92 Å². The van der Waals surface area contributed by atoms with Gasteiger partial charge in [-0.2, -0.15) is 0 Å². The molecule has 1 aliphatic rings. The van der Waals surface area contributed by atoms with E-state index >= 15 is 0 Å². The molecule has 1 aliphatic heterocycles. The Hall–Kier alpha value is -2.06. The number of hydrogen-bond donors (Lipinski definition) is 1. The van der Waals surface area contributed by atoms with Crippen molar-refractivity contribution in [2.24, 2.45) is 0 Å². The predicted octanol–water partition coefficient (Wildman–Crippen LogP) is 5.61. The largest absolute Gasteiger partial charge is 0.347 e. The maximum absolute atomic E-state index is 8.25. The standard InChI is InChI=1S/C21H21ClN2/c1-14(23)19(18-6-2-3-7-20(18)22)13-15-11-16-5-4-9-24-10-8-17(12-15)21(16)24/h2-3,6-8,10-12,19,23H,4-5,9,13H2,1H3. The number of hydrogen-bond acceptors (Lipinski definition) is 1. The molecule has 0 aliphatic carbocycles. The third-order valence-corrected chi connectivity index (χ3v) is 5.43. The van der Waals surface area contributed by atoms with E-state index in [1.165, 1.54) is 28.5 Å². The smallest absolute Gasteiger partial charge is 0.0513 e. The van der Waals surface area contributed by atoms with E-state index in [0.717, 1.165) is 30.0 Å². The van der Waals surface area contributed by atoms with Gasteiger partial charge in [-0.05, 0) is 61.1 Å². The summed E-state index contributed by atoms with van der Waals surface area (Å²) in [5.41, 5.74) is 5.85. The minimum atomic E-state index is 0.0361. The van der Waals surface area contributed by atoms with Gasteiger partial charge >= 0.3 is 0 Å². The van der Waals surface area contributed by atoms with Crippen LogP contribution in [0.1, 0.15) is 36.0 Å². The highest BCUT2D eigenvalue weighted by atomic mass is 35.5. The van der Waals surface area contributed by atoms with Gasteiger partial charge in [-0.1, -0.05) is 35.9 Å². The second-order valence-electron chi connectivity index (χ2n) is 6.77. The Balaban J connectivity index is 1.74. The zero-order valence-corrected chi connectivity index (χ0v) is 14.6. The minimum Gasteiger partial charge on any atom is -0.347 e. The molecular weight excluding hydrogens is 316 g/mol. The molecule has 1 N–H and O–H groups in total. The van der Waals surface area contributed by atoms with Crippen LogP contribution in [0.2, 0.25) is 5.02 Å². The number of rotatable bonds is 4. The molecule has 3 aromatic rings. The lowest BCUT2D eigenvalue weighted by molar-refractivity contribution is 0.635. The van der Waals surface area contributed by atoms with Crippen molar-refractivity contribution in [3.05, 3.63) is 70.4 Å². The second-order valence-corrected chi connectivity index (χ2v) is 7.17. The molecule has 1 atom stereocenters. The van der Waals surface area contributed by atoms with Gasteiger partial charge in [-0.3, -0.25) is 0 Å². The fourth-order valence-electron chi connectivity index (χ4n) is 3.93. The Labute approximate surface area is 147 Å². The lowest BCUT2D eigenvalue weighted by Gasteiger charge is -2.20. The molecule has 0 fully saturated rings. The number of aryl methyl sites for hydroxylation is 2. The molecule has 24 heavy (non-hydrogen) atoms. The average Bonchev–Trinajstić information content (AvgIpc) is 2.98. The van der Waals surface area contributed by atoms with E-state index in [1.807, 2.05) is 31.2 Å². The Morgan fingerprint density at radius 2 is 2.08 bits per heavy atom. The van der Waals surface area contributed by atoms with Crippen molar-refractivity contribution >= 4 is 28.2 Å². The Morgan fingerprint density at radius 1 is 1.25 bits per heavy atom. The number of aromatic nitrogens is 1. The molecule has 4 rings (SSSR count). The van der Waals surface area contributed by atoms with Crippen LogP contribution in [0.5, 0.6) is 0 Å². The first-order valence-corrected chi connectivity index (χ1v) is 8.91. The van der Waals surface area contributed by atoms with Crippen LogP contribution < -0.4 is 0 Å². The van der Waals surface area contributed by atoms with Crippen molar-refractivity contribution in [3.8, 4) is 0 Å². The van der Waals surface area contributed by atoms with Gasteiger partial charge in [0.2, 0.25) is 0 Å². The summed E-state index contributed by atoms with van der Waals surface area (Å²) in [5.74, 6) is 0.0361. The third kappa shape index (κ3) is 2.65. The molecule has 2 nitrogen and oxygen atoms in total. The van der Waals surface area contributed by atoms with Gasteiger partial charge in [-0.15, -0.1) is 0 Å². The fraction of sp³-hybridized carbons (Fsp3) is 0.286. The van der Waals surface area contributed by atoms with Gasteiger partial charge < -0.3 is 9.98 Å². The highest BCUT2D eigenvalue weighted by Crippen LogP contribution is 2.32. The molecule has 1 unspecified atom stereocenters. The number of nitrogens with one attached hydrogen (secondary N) is 1. The predicted molar refractivity (Wildman–Crippen MR) is 102 cm³/mol. The fourth-order valence-corrected chi connectivity index (χ4v) is 4.20. The first-order chi connectivity index (χ1) is 11.6. The van der Waals surface area contributed by atoms with Crippen molar-refractivity contribution in [2.45, 2.75) is 38.6 Å². The van der Waals surface area contributed by atoms with Gasteiger partial charge in [0, 0.05) is 34.8 Å². The van der Waals surface area contributed by atoms with Gasteiger partial charge in [0.25, 0.3) is 0 Å². The van der Waals surface area contributed by atoms with Gasteiger partial charge in [-0.25, -0.2) is 0 Å². The quantitative estimate of drug-likeness (QED) is 0.600. The van der Waals surface area contributed by atoms with E-state index in [2.05, 4.69) is 29.0 Å². The lowest BCUT2D eigenvalue weighted by Crippen LogP contribution is -2.13. The summed E-state index contributed by atoms with van der Waals surface area (Å²) in [6.45, 7) is 3.00. The van der Waals surface area contributed by atoms with Crippen LogP contribution in [0.3, 0.4) is 0 Å². The van der Waals surface area contributed by atoms with E-state index < -0.39 is 0 Å². The van der Waals surface area contributed by atoms with Crippen molar-refractivity contribution in [3.63, 3.8) is 0 Å². The Morgan fingerprint density at radius 3 is 2.88 bits per heavy atom. The van der Waals surface area contributed by atoms with E-state index in [1.54, 1.807) is 0 Å². The molecule has 0 amide bonds. The van der Waals surface area contributed by atoms with Crippen molar-refractivity contribution in [2.75, 3.05) is 0 Å². The molecule has 0 bridgehead atoms. The summed E-state index contributed by atoms with van der Waals surface area (Å²) < 4.78 is 2.37. The number of halogens is 1. The third-order valence-electron chi connectivity index (χ3n) is 5.09. The van der Waals surface area contributed by atoms with E-state index in [4.69, 9.17) is 17.0 Å². The zero-order valence-electron chi connectivity index (χ0n) is 13.8. The van der Waals surface area contributed by atoms with Crippen molar-refractivity contribution < 1.29 is 0 Å². The molecule has 3 heteroatoms. The first-order valence-electron chi connectivity index (χ1n) is 8.53. The van der Waals surface area contributed by atoms with Gasteiger partial charge in [0.05, 0.1) is 5.52 Å². The van der Waals surface area contributed by atoms with Crippen LogP contribution in [0, 0.1) is 5.41 Å². The highest BCUT2D eigenvalue weighted by molar-refractivity contribution is 6.31. The molecule has 2 heterocycles. The molecule has 2 aromatic carbocycles. The van der Waals surface area contributed by atoms with Crippen LogP contribution >= 0.6 is 11.6 Å². The average molecular weight is 337 g/mol. The van der Waals surface area contributed by atoms with Crippen LogP contribution in [0.15, 0.2) is 48.7 Å². The van der Waals surface area contributed by atoms with Crippen LogP contribution in [0.4, 0.5) is 0 Å². The molecule has 1 aromatic heterocycles. The summed E-state index contributed by atoms with van der Waals surface area (Å²) >= 11 is 6.40. The number of benzene rings is 2. The Bertz CT molecular complexity index is 923.